The van der Waals surface area contributed by atoms with E-state index in [0.717, 1.165) is 29.0 Å². The number of aromatic nitrogens is 1. The van der Waals surface area contributed by atoms with E-state index in [9.17, 15) is 22.8 Å². The highest BCUT2D eigenvalue weighted by atomic mass is 32.1. The van der Waals surface area contributed by atoms with Crippen LogP contribution in [0.15, 0.2) is 54.6 Å². The van der Waals surface area contributed by atoms with Gasteiger partial charge in [-0.15, -0.1) is 13.2 Å². The van der Waals surface area contributed by atoms with Crippen LogP contribution in [0.3, 0.4) is 0 Å². The van der Waals surface area contributed by atoms with E-state index in [1.54, 1.807) is 6.92 Å². The molecule has 0 saturated carbocycles. The molecule has 2 aromatic carbocycles. The molecule has 0 aliphatic carbocycles. The number of anilines is 1. The predicted molar refractivity (Wildman–Crippen MR) is 106 cm³/mol. The molecule has 0 fully saturated rings. The van der Waals surface area contributed by atoms with Crippen LogP contribution in [-0.4, -0.2) is 23.2 Å². The van der Waals surface area contributed by atoms with Gasteiger partial charge in [-0.2, -0.15) is 0 Å². The maximum absolute atomic E-state index is 12.4. The van der Waals surface area contributed by atoms with Gasteiger partial charge in [0.25, 0.3) is 11.8 Å². The largest absolute Gasteiger partial charge is 0.573 e. The normalized spacial score (nSPS) is 11.1. The third-order valence-electron chi connectivity index (χ3n) is 3.85. The fourth-order valence-electron chi connectivity index (χ4n) is 2.52. The van der Waals surface area contributed by atoms with Gasteiger partial charge in [0.05, 0.1) is 5.69 Å². The minimum atomic E-state index is -4.86. The number of nitrogens with one attached hydrogen (secondary N) is 2. The van der Waals surface area contributed by atoms with Crippen molar-refractivity contribution < 1.29 is 27.5 Å². The second-order valence-electron chi connectivity index (χ2n) is 6.13. The third kappa shape index (κ3) is 5.80. The van der Waals surface area contributed by atoms with E-state index in [4.69, 9.17) is 0 Å². The molecule has 0 unspecified atom stereocenters. The number of thiazole rings is 1. The van der Waals surface area contributed by atoms with E-state index in [1.807, 2.05) is 30.3 Å². The van der Waals surface area contributed by atoms with Gasteiger partial charge in [0.2, 0.25) is 0 Å². The van der Waals surface area contributed by atoms with Gasteiger partial charge >= 0.3 is 6.36 Å². The van der Waals surface area contributed by atoms with E-state index < -0.39 is 18.0 Å². The molecule has 0 aliphatic rings. The Kier molecular flexibility index (Phi) is 6.36. The molecule has 0 saturated heterocycles. The highest BCUT2D eigenvalue weighted by Gasteiger charge is 2.31. The SMILES string of the molecule is Cc1nc(NC(=O)c2cccc(OC(F)(F)F)c2)sc1C(=O)NCc1ccccc1. The maximum Gasteiger partial charge on any atom is 0.573 e. The summed E-state index contributed by atoms with van der Waals surface area (Å²) in [4.78, 5) is 29.2. The Balaban J connectivity index is 1.66. The third-order valence-corrected chi connectivity index (χ3v) is 4.92. The highest BCUT2D eigenvalue weighted by Crippen LogP contribution is 2.25. The molecule has 0 aliphatic heterocycles. The Hall–Kier alpha value is -3.40. The summed E-state index contributed by atoms with van der Waals surface area (Å²) in [5.74, 6) is -1.52. The van der Waals surface area contributed by atoms with Crippen molar-refractivity contribution in [2.75, 3.05) is 5.32 Å². The van der Waals surface area contributed by atoms with Crippen molar-refractivity contribution in [1.29, 1.82) is 0 Å². The minimum absolute atomic E-state index is 0.0420. The molecule has 3 rings (SSSR count). The van der Waals surface area contributed by atoms with Crippen molar-refractivity contribution in [2.24, 2.45) is 0 Å². The summed E-state index contributed by atoms with van der Waals surface area (Å²) in [6, 6.07) is 14.0. The second-order valence-corrected chi connectivity index (χ2v) is 7.13. The number of benzene rings is 2. The van der Waals surface area contributed by atoms with Crippen molar-refractivity contribution >= 4 is 28.3 Å². The highest BCUT2D eigenvalue weighted by molar-refractivity contribution is 7.17. The Morgan fingerprint density at radius 3 is 2.50 bits per heavy atom. The standard InChI is InChI=1S/C20H16F3N3O3S/c1-12-16(18(28)24-11-13-6-3-2-4-7-13)30-19(25-12)26-17(27)14-8-5-9-15(10-14)29-20(21,22)23/h2-10H,11H2,1H3,(H,24,28)(H,25,26,27). The first-order chi connectivity index (χ1) is 14.2. The number of halogens is 3. The Bertz CT molecular complexity index is 1050. The molecule has 0 atom stereocenters. The first-order valence-corrected chi connectivity index (χ1v) is 9.49. The molecule has 2 amide bonds. The quantitative estimate of drug-likeness (QED) is 0.596. The van der Waals surface area contributed by atoms with Crippen molar-refractivity contribution in [1.82, 2.24) is 10.3 Å². The lowest BCUT2D eigenvalue weighted by molar-refractivity contribution is -0.274. The van der Waals surface area contributed by atoms with Crippen LogP contribution in [0.1, 0.15) is 31.3 Å². The molecule has 6 nitrogen and oxygen atoms in total. The molecule has 0 bridgehead atoms. The van der Waals surface area contributed by atoms with E-state index in [1.165, 1.54) is 12.1 Å². The van der Waals surface area contributed by atoms with Crippen molar-refractivity contribution in [3.63, 3.8) is 0 Å². The molecule has 3 aromatic rings. The lowest BCUT2D eigenvalue weighted by Gasteiger charge is -2.09. The van der Waals surface area contributed by atoms with Crippen LogP contribution in [0.25, 0.3) is 0 Å². The zero-order valence-corrected chi connectivity index (χ0v) is 16.4. The average Bonchev–Trinajstić information content (AvgIpc) is 3.06. The smallest absolute Gasteiger partial charge is 0.406 e. The van der Waals surface area contributed by atoms with Crippen molar-refractivity contribution in [3.8, 4) is 5.75 Å². The van der Waals surface area contributed by atoms with Crippen LogP contribution in [0.4, 0.5) is 18.3 Å². The Morgan fingerprint density at radius 2 is 1.80 bits per heavy atom. The topological polar surface area (TPSA) is 80.3 Å². The lowest BCUT2D eigenvalue weighted by atomic mass is 10.2. The second kappa shape index (κ2) is 8.95. The molecular formula is C20H16F3N3O3S. The van der Waals surface area contributed by atoms with E-state index in [0.29, 0.717) is 17.1 Å². The molecule has 1 aromatic heterocycles. The van der Waals surface area contributed by atoms with Crippen LogP contribution in [0.5, 0.6) is 5.75 Å². The zero-order chi connectivity index (χ0) is 21.7. The number of nitrogens with zero attached hydrogens (tertiary/aromatic N) is 1. The Morgan fingerprint density at radius 1 is 1.07 bits per heavy atom. The number of ether oxygens (including phenoxy) is 1. The van der Waals surface area contributed by atoms with Gasteiger partial charge in [-0.05, 0) is 30.7 Å². The molecule has 30 heavy (non-hydrogen) atoms. The van der Waals surface area contributed by atoms with Crippen molar-refractivity contribution in [2.45, 2.75) is 19.8 Å². The van der Waals surface area contributed by atoms with Gasteiger partial charge in [-0.3, -0.25) is 14.9 Å². The molecule has 156 valence electrons. The summed E-state index contributed by atoms with van der Waals surface area (Å²) in [5.41, 5.74) is 1.32. The Labute approximate surface area is 173 Å². The van der Waals surface area contributed by atoms with Crippen molar-refractivity contribution in [3.05, 3.63) is 76.3 Å². The first kappa shape index (κ1) is 21.3. The number of carbonyl (C=O) groups excluding carboxylic acids is 2. The number of carbonyl (C=O) groups is 2. The van der Waals surface area contributed by atoms with Gasteiger partial charge in [0.1, 0.15) is 10.6 Å². The van der Waals surface area contributed by atoms with Crippen LogP contribution in [0, 0.1) is 6.92 Å². The van der Waals surface area contributed by atoms with Gasteiger partial charge in [-0.1, -0.05) is 47.7 Å². The fourth-order valence-corrected chi connectivity index (χ4v) is 3.40. The minimum Gasteiger partial charge on any atom is -0.406 e. The van der Waals surface area contributed by atoms with Gasteiger partial charge in [-0.25, -0.2) is 4.98 Å². The number of aryl methyl sites for hydroxylation is 1. The van der Waals surface area contributed by atoms with Gasteiger partial charge < -0.3 is 10.1 Å². The van der Waals surface area contributed by atoms with Crippen LogP contribution >= 0.6 is 11.3 Å². The predicted octanol–water partition coefficient (Wildman–Crippen LogP) is 4.53. The number of hydrogen-bond acceptors (Lipinski definition) is 5. The van der Waals surface area contributed by atoms with Crippen LogP contribution in [-0.2, 0) is 6.54 Å². The number of hydrogen-bond donors (Lipinski definition) is 2. The molecule has 1 heterocycles. The fraction of sp³-hybridized carbons (Fsp3) is 0.150. The van der Waals surface area contributed by atoms with Crippen LogP contribution < -0.4 is 15.4 Å². The molecular weight excluding hydrogens is 419 g/mol. The maximum atomic E-state index is 12.4. The molecule has 2 N–H and O–H groups in total. The van der Waals surface area contributed by atoms with Crippen LogP contribution in [0.2, 0.25) is 0 Å². The zero-order valence-electron chi connectivity index (χ0n) is 15.6. The molecule has 0 spiro atoms. The molecule has 0 radical (unpaired) electrons. The summed E-state index contributed by atoms with van der Waals surface area (Å²) in [5, 5.41) is 5.43. The van der Waals surface area contributed by atoms with Gasteiger partial charge in [0, 0.05) is 12.1 Å². The summed E-state index contributed by atoms with van der Waals surface area (Å²) < 4.78 is 40.9. The first-order valence-electron chi connectivity index (χ1n) is 8.68. The van der Waals surface area contributed by atoms with Gasteiger partial charge in [0.15, 0.2) is 5.13 Å². The number of alkyl halides is 3. The number of amides is 2. The summed E-state index contributed by atoms with van der Waals surface area (Å²) in [6.45, 7) is 1.96. The lowest BCUT2D eigenvalue weighted by Crippen LogP contribution is -2.22. The summed E-state index contributed by atoms with van der Waals surface area (Å²) >= 11 is 0.974. The average molecular weight is 435 g/mol. The summed E-state index contributed by atoms with van der Waals surface area (Å²) in [6.07, 6.45) is -4.86. The van der Waals surface area contributed by atoms with E-state index >= 15 is 0 Å². The number of rotatable bonds is 6. The van der Waals surface area contributed by atoms with E-state index in [2.05, 4.69) is 20.4 Å². The monoisotopic (exact) mass is 435 g/mol. The van der Waals surface area contributed by atoms with E-state index in [-0.39, 0.29) is 16.6 Å². The summed E-state index contributed by atoms with van der Waals surface area (Å²) in [7, 11) is 0. The molecule has 10 heteroatoms.